The van der Waals surface area contributed by atoms with Crippen molar-refractivity contribution < 1.29 is 9.53 Å². The molecule has 0 saturated carbocycles. The zero-order valence-corrected chi connectivity index (χ0v) is 13.0. The molecule has 1 amide bonds. The highest BCUT2D eigenvalue weighted by molar-refractivity contribution is 8.03. The molecule has 4 nitrogen and oxygen atoms in total. The second-order valence-corrected chi connectivity index (χ2v) is 6.34. The van der Waals surface area contributed by atoms with Crippen LogP contribution < -0.4 is 15.0 Å². The molecule has 0 spiro atoms. The van der Waals surface area contributed by atoms with Gasteiger partial charge in [0.1, 0.15) is 5.75 Å². The molecule has 21 heavy (non-hydrogen) atoms. The minimum atomic E-state index is 0.0534. The van der Waals surface area contributed by atoms with E-state index < -0.39 is 0 Å². The van der Waals surface area contributed by atoms with Gasteiger partial charge in [0.2, 0.25) is 0 Å². The summed E-state index contributed by atoms with van der Waals surface area (Å²) in [5, 5.41) is 3.30. The van der Waals surface area contributed by atoms with E-state index in [2.05, 4.69) is 30.4 Å². The Morgan fingerprint density at radius 2 is 2.38 bits per heavy atom. The van der Waals surface area contributed by atoms with Gasteiger partial charge in [-0.2, -0.15) is 0 Å². The average Bonchev–Trinajstić information content (AvgIpc) is 2.99. The second-order valence-electron chi connectivity index (χ2n) is 5.24. The van der Waals surface area contributed by atoms with E-state index >= 15 is 0 Å². The predicted octanol–water partition coefficient (Wildman–Crippen LogP) is 2.85. The summed E-state index contributed by atoms with van der Waals surface area (Å²) in [4.78, 5) is 15.3. The highest BCUT2D eigenvalue weighted by Gasteiger charge is 2.25. The topological polar surface area (TPSA) is 41.6 Å². The molecule has 1 aromatic carbocycles. The number of anilines is 1. The van der Waals surface area contributed by atoms with Crippen LogP contribution in [0.5, 0.6) is 5.75 Å². The molecule has 1 N–H and O–H groups in total. The minimum absolute atomic E-state index is 0.0534. The van der Waals surface area contributed by atoms with Crippen LogP contribution in [0.3, 0.4) is 0 Å². The number of ether oxygens (including phenoxy) is 1. The van der Waals surface area contributed by atoms with Crippen LogP contribution in [0, 0.1) is 0 Å². The van der Waals surface area contributed by atoms with Gasteiger partial charge in [-0.1, -0.05) is 19.4 Å². The van der Waals surface area contributed by atoms with E-state index in [4.69, 9.17) is 4.74 Å². The molecule has 1 saturated heterocycles. The lowest BCUT2D eigenvalue weighted by molar-refractivity contribution is -0.121. The van der Waals surface area contributed by atoms with Gasteiger partial charge >= 0.3 is 0 Å². The number of benzene rings is 1. The Morgan fingerprint density at radius 1 is 1.48 bits per heavy atom. The van der Waals surface area contributed by atoms with Gasteiger partial charge in [0.05, 0.1) is 5.69 Å². The first-order valence-electron chi connectivity index (χ1n) is 7.39. The number of hydrogen-bond donors (Lipinski definition) is 1. The third-order valence-electron chi connectivity index (χ3n) is 3.65. The second kappa shape index (κ2) is 6.54. The fourth-order valence-corrected chi connectivity index (χ4v) is 3.33. The third-order valence-corrected chi connectivity index (χ3v) is 4.63. The molecule has 0 bridgehead atoms. The van der Waals surface area contributed by atoms with Crippen molar-refractivity contribution in [2.75, 3.05) is 30.5 Å². The van der Waals surface area contributed by atoms with Crippen molar-refractivity contribution in [1.29, 1.82) is 0 Å². The molecule has 0 aliphatic carbocycles. The average molecular weight is 304 g/mol. The number of thioether (sulfide) groups is 1. The number of nitrogens with zero attached hydrogens (tertiary/aromatic N) is 1. The summed E-state index contributed by atoms with van der Waals surface area (Å²) < 4.78 is 5.54. The number of nitrogens with one attached hydrogen (secondary N) is 1. The lowest BCUT2D eigenvalue weighted by Crippen LogP contribution is -2.39. The predicted molar refractivity (Wildman–Crippen MR) is 87.6 cm³/mol. The van der Waals surface area contributed by atoms with E-state index in [-0.39, 0.29) is 12.5 Å². The van der Waals surface area contributed by atoms with Crippen LogP contribution in [-0.4, -0.2) is 31.5 Å². The standard InChI is InChI=1S/C16H20N2O2S/c1-2-3-6-18-14-8-12(7-13-9-17-11-21-13)4-5-15(14)20-10-16(18)19/h4-5,7-8,17H,2-3,6,9-11H2,1H3. The number of amides is 1. The molecular weight excluding hydrogens is 284 g/mol. The van der Waals surface area contributed by atoms with Gasteiger partial charge in [0, 0.05) is 23.9 Å². The summed E-state index contributed by atoms with van der Waals surface area (Å²) in [7, 11) is 0. The molecule has 0 radical (unpaired) electrons. The van der Waals surface area contributed by atoms with Gasteiger partial charge < -0.3 is 15.0 Å². The maximum absolute atomic E-state index is 12.1. The van der Waals surface area contributed by atoms with Crippen LogP contribution in [0.2, 0.25) is 0 Å². The van der Waals surface area contributed by atoms with Crippen LogP contribution in [0.1, 0.15) is 25.3 Å². The van der Waals surface area contributed by atoms with Crippen molar-refractivity contribution in [3.05, 3.63) is 28.7 Å². The molecule has 3 rings (SSSR count). The first-order chi connectivity index (χ1) is 10.3. The summed E-state index contributed by atoms with van der Waals surface area (Å²) in [5.41, 5.74) is 2.03. The summed E-state index contributed by atoms with van der Waals surface area (Å²) >= 11 is 1.83. The number of unbranched alkanes of at least 4 members (excludes halogenated alkanes) is 1. The summed E-state index contributed by atoms with van der Waals surface area (Å²) in [6, 6.07) is 6.09. The van der Waals surface area contributed by atoms with Crippen LogP contribution in [0.15, 0.2) is 23.1 Å². The van der Waals surface area contributed by atoms with Crippen molar-refractivity contribution in [1.82, 2.24) is 5.32 Å². The van der Waals surface area contributed by atoms with Gasteiger partial charge in [-0.15, -0.1) is 11.8 Å². The van der Waals surface area contributed by atoms with Crippen LogP contribution in [0.25, 0.3) is 6.08 Å². The number of carbonyl (C=O) groups excluding carboxylic acids is 1. The van der Waals surface area contributed by atoms with E-state index in [1.807, 2.05) is 22.7 Å². The monoisotopic (exact) mass is 304 g/mol. The Hall–Kier alpha value is -1.46. The smallest absolute Gasteiger partial charge is 0.265 e. The van der Waals surface area contributed by atoms with Gasteiger partial charge in [0.15, 0.2) is 6.61 Å². The largest absolute Gasteiger partial charge is 0.482 e. The third kappa shape index (κ3) is 3.24. The number of carbonyl (C=O) groups is 1. The zero-order chi connectivity index (χ0) is 14.7. The maximum Gasteiger partial charge on any atom is 0.265 e. The number of fused-ring (bicyclic) bond motifs is 1. The van der Waals surface area contributed by atoms with Crippen molar-refractivity contribution >= 4 is 29.4 Å². The van der Waals surface area contributed by atoms with Crippen molar-refractivity contribution in [2.24, 2.45) is 0 Å². The Labute approximate surface area is 129 Å². The van der Waals surface area contributed by atoms with Crippen LogP contribution in [0.4, 0.5) is 5.69 Å². The SMILES string of the molecule is CCCCN1C(=O)COc2ccc(C=C3CNCS3)cc21. The minimum Gasteiger partial charge on any atom is -0.482 e. The Kier molecular flexibility index (Phi) is 4.51. The quantitative estimate of drug-likeness (QED) is 0.929. The van der Waals surface area contributed by atoms with E-state index in [9.17, 15) is 4.79 Å². The highest BCUT2D eigenvalue weighted by atomic mass is 32.2. The van der Waals surface area contributed by atoms with Gasteiger partial charge in [-0.05, 0) is 30.2 Å². The molecule has 112 valence electrons. The molecule has 0 aromatic heterocycles. The van der Waals surface area contributed by atoms with Crippen molar-refractivity contribution in [3.8, 4) is 5.75 Å². The molecule has 1 fully saturated rings. The van der Waals surface area contributed by atoms with E-state index in [1.165, 1.54) is 4.91 Å². The first kappa shape index (κ1) is 14.5. The lowest BCUT2D eigenvalue weighted by atomic mass is 10.1. The van der Waals surface area contributed by atoms with Crippen LogP contribution in [-0.2, 0) is 4.79 Å². The van der Waals surface area contributed by atoms with Gasteiger partial charge in [0.25, 0.3) is 5.91 Å². The number of hydrogen-bond acceptors (Lipinski definition) is 4. The Bertz CT molecular complexity index is 563. The normalized spacial score (nSPS) is 19.8. The summed E-state index contributed by atoms with van der Waals surface area (Å²) in [6.07, 6.45) is 4.27. The van der Waals surface area contributed by atoms with Gasteiger partial charge in [-0.25, -0.2) is 0 Å². The first-order valence-corrected chi connectivity index (χ1v) is 8.38. The zero-order valence-electron chi connectivity index (χ0n) is 12.2. The maximum atomic E-state index is 12.1. The molecule has 5 heteroatoms. The fourth-order valence-electron chi connectivity index (χ4n) is 2.52. The molecule has 1 aromatic rings. The fraction of sp³-hybridized carbons (Fsp3) is 0.438. The van der Waals surface area contributed by atoms with Crippen LogP contribution >= 0.6 is 11.8 Å². The Morgan fingerprint density at radius 3 is 3.14 bits per heavy atom. The van der Waals surface area contributed by atoms with E-state index in [1.54, 1.807) is 0 Å². The van der Waals surface area contributed by atoms with E-state index in [0.29, 0.717) is 0 Å². The summed E-state index contributed by atoms with van der Waals surface area (Å²) in [6.45, 7) is 3.98. The molecular formula is C16H20N2O2S. The Balaban J connectivity index is 1.89. The van der Waals surface area contributed by atoms with Crippen molar-refractivity contribution in [3.63, 3.8) is 0 Å². The van der Waals surface area contributed by atoms with Crippen molar-refractivity contribution in [2.45, 2.75) is 19.8 Å². The highest BCUT2D eigenvalue weighted by Crippen LogP contribution is 2.34. The number of rotatable bonds is 4. The molecule has 2 aliphatic heterocycles. The molecule has 0 atom stereocenters. The molecule has 2 heterocycles. The summed E-state index contributed by atoms with van der Waals surface area (Å²) in [5.74, 6) is 1.84. The lowest BCUT2D eigenvalue weighted by Gasteiger charge is -2.29. The molecule has 2 aliphatic rings. The molecule has 0 unspecified atom stereocenters. The van der Waals surface area contributed by atoms with E-state index in [0.717, 1.165) is 48.8 Å². The van der Waals surface area contributed by atoms with Gasteiger partial charge in [-0.3, -0.25) is 4.79 Å².